The first kappa shape index (κ1) is 14.3. The van der Waals surface area contributed by atoms with Crippen LogP contribution in [0.25, 0.3) is 11.0 Å². The van der Waals surface area contributed by atoms with Crippen LogP contribution in [-0.2, 0) is 0 Å². The highest BCUT2D eigenvalue weighted by Crippen LogP contribution is 2.24. The second kappa shape index (κ2) is 5.61. The van der Waals surface area contributed by atoms with Crippen LogP contribution in [-0.4, -0.2) is 10.8 Å². The Morgan fingerprint density at radius 2 is 2.00 bits per heavy atom. The number of hydrogen-bond acceptors (Lipinski definition) is 4. The molecule has 0 atom stereocenters. The molecule has 6 nitrogen and oxygen atoms in total. The van der Waals surface area contributed by atoms with Crippen molar-refractivity contribution in [1.82, 2.24) is 0 Å². The van der Waals surface area contributed by atoms with Gasteiger partial charge in [0.15, 0.2) is 5.76 Å². The number of nitrogens with zero attached hydrogens (tertiary/aromatic N) is 1. The Morgan fingerprint density at radius 1 is 1.18 bits per heavy atom. The predicted molar refractivity (Wildman–Crippen MR) is 85.0 cm³/mol. The molecule has 1 N–H and O–H groups in total. The third kappa shape index (κ3) is 2.84. The van der Waals surface area contributed by atoms with E-state index in [4.69, 9.17) is 4.42 Å². The summed E-state index contributed by atoms with van der Waals surface area (Å²) >= 11 is 3.35. The zero-order chi connectivity index (χ0) is 15.7. The van der Waals surface area contributed by atoms with Crippen molar-refractivity contribution in [1.29, 1.82) is 0 Å². The first-order chi connectivity index (χ1) is 10.5. The Labute approximate surface area is 133 Å². The van der Waals surface area contributed by atoms with E-state index < -0.39 is 10.8 Å². The van der Waals surface area contributed by atoms with Gasteiger partial charge in [-0.2, -0.15) is 0 Å². The number of nitrogens with one attached hydrogen (secondary N) is 1. The molecule has 0 aliphatic rings. The van der Waals surface area contributed by atoms with Crippen molar-refractivity contribution in [3.05, 3.63) is 68.9 Å². The molecule has 22 heavy (non-hydrogen) atoms. The Kier molecular flexibility index (Phi) is 3.64. The molecule has 0 aliphatic heterocycles. The third-order valence-electron chi connectivity index (χ3n) is 3.02. The number of hydrogen-bond donors (Lipinski definition) is 1. The highest BCUT2D eigenvalue weighted by atomic mass is 79.9. The summed E-state index contributed by atoms with van der Waals surface area (Å²) in [5.74, 6) is -0.326. The minimum Gasteiger partial charge on any atom is -0.451 e. The number of halogens is 1. The van der Waals surface area contributed by atoms with Gasteiger partial charge in [0.2, 0.25) is 0 Å². The molecule has 0 fully saturated rings. The average Bonchev–Trinajstić information content (AvgIpc) is 2.90. The van der Waals surface area contributed by atoms with Crippen LogP contribution in [0.3, 0.4) is 0 Å². The molecule has 3 aromatic rings. The number of rotatable bonds is 3. The van der Waals surface area contributed by atoms with Crippen LogP contribution in [0.2, 0.25) is 0 Å². The number of amides is 1. The van der Waals surface area contributed by atoms with E-state index in [-0.39, 0.29) is 11.4 Å². The first-order valence-corrected chi connectivity index (χ1v) is 7.07. The lowest BCUT2D eigenvalue weighted by Gasteiger charge is -2.02. The molecule has 0 saturated heterocycles. The lowest BCUT2D eigenvalue weighted by atomic mass is 10.2. The van der Waals surface area contributed by atoms with Gasteiger partial charge in [-0.1, -0.05) is 22.0 Å². The number of nitro benzene ring substituents is 1. The first-order valence-electron chi connectivity index (χ1n) is 6.28. The zero-order valence-corrected chi connectivity index (χ0v) is 12.7. The van der Waals surface area contributed by atoms with Crippen LogP contribution in [0.4, 0.5) is 11.4 Å². The summed E-state index contributed by atoms with van der Waals surface area (Å²) in [6.45, 7) is 0. The molecule has 0 radical (unpaired) electrons. The van der Waals surface area contributed by atoms with E-state index in [9.17, 15) is 14.9 Å². The van der Waals surface area contributed by atoms with Crippen molar-refractivity contribution in [2.45, 2.75) is 0 Å². The summed E-state index contributed by atoms with van der Waals surface area (Å²) < 4.78 is 6.35. The number of non-ortho nitro benzene ring substituents is 1. The third-order valence-corrected chi connectivity index (χ3v) is 3.51. The average molecular weight is 361 g/mol. The van der Waals surface area contributed by atoms with Crippen molar-refractivity contribution in [2.75, 3.05) is 5.32 Å². The number of carbonyl (C=O) groups is 1. The Hall–Kier alpha value is -2.67. The van der Waals surface area contributed by atoms with Crippen LogP contribution in [0.1, 0.15) is 10.6 Å². The highest BCUT2D eigenvalue weighted by Gasteiger charge is 2.14. The number of benzene rings is 2. The molecule has 2 aromatic carbocycles. The van der Waals surface area contributed by atoms with Gasteiger partial charge in [0.1, 0.15) is 5.58 Å². The maximum Gasteiger partial charge on any atom is 0.291 e. The van der Waals surface area contributed by atoms with Crippen LogP contribution >= 0.6 is 15.9 Å². The van der Waals surface area contributed by atoms with Crippen LogP contribution in [0, 0.1) is 10.1 Å². The topological polar surface area (TPSA) is 85.4 Å². The lowest BCUT2D eigenvalue weighted by Crippen LogP contribution is -2.10. The molecule has 1 amide bonds. The van der Waals surface area contributed by atoms with E-state index in [0.717, 1.165) is 9.86 Å². The largest absolute Gasteiger partial charge is 0.451 e. The molecular weight excluding hydrogens is 352 g/mol. The van der Waals surface area contributed by atoms with Gasteiger partial charge in [-0.05, 0) is 30.3 Å². The fourth-order valence-electron chi connectivity index (χ4n) is 2.02. The van der Waals surface area contributed by atoms with E-state index in [1.165, 1.54) is 18.2 Å². The van der Waals surface area contributed by atoms with Gasteiger partial charge >= 0.3 is 0 Å². The summed E-state index contributed by atoms with van der Waals surface area (Å²) in [4.78, 5) is 22.4. The molecule has 7 heteroatoms. The monoisotopic (exact) mass is 360 g/mol. The maximum absolute atomic E-state index is 12.2. The van der Waals surface area contributed by atoms with Gasteiger partial charge in [0.25, 0.3) is 11.6 Å². The number of furan rings is 1. The molecule has 1 aromatic heterocycles. The van der Waals surface area contributed by atoms with Crippen LogP contribution in [0.15, 0.2) is 57.4 Å². The van der Waals surface area contributed by atoms with Crippen LogP contribution in [0.5, 0.6) is 0 Å². The fraction of sp³-hybridized carbons (Fsp3) is 0. The highest BCUT2D eigenvalue weighted by molar-refractivity contribution is 9.10. The van der Waals surface area contributed by atoms with E-state index in [1.54, 1.807) is 18.2 Å². The minimum absolute atomic E-state index is 0.0914. The molecule has 0 saturated carbocycles. The number of carbonyl (C=O) groups excluding carboxylic acids is 1. The molecule has 1 heterocycles. The van der Waals surface area contributed by atoms with Gasteiger partial charge < -0.3 is 9.73 Å². The van der Waals surface area contributed by atoms with Gasteiger partial charge in [-0.25, -0.2) is 0 Å². The van der Waals surface area contributed by atoms with E-state index in [2.05, 4.69) is 21.2 Å². The zero-order valence-electron chi connectivity index (χ0n) is 11.1. The molecule has 110 valence electrons. The summed E-state index contributed by atoms with van der Waals surface area (Å²) in [7, 11) is 0. The van der Waals surface area contributed by atoms with Gasteiger partial charge in [0.05, 0.1) is 4.92 Å². The van der Waals surface area contributed by atoms with Crippen molar-refractivity contribution in [3.8, 4) is 0 Å². The number of fused-ring (bicyclic) bond motifs is 1. The standard InChI is InChI=1S/C15H9BrN2O4/c16-10-4-5-13-9(6-10)7-14(22-13)15(19)17-11-2-1-3-12(8-11)18(20)21/h1-8H,(H,17,19). The van der Waals surface area contributed by atoms with Gasteiger partial charge in [-0.15, -0.1) is 0 Å². The predicted octanol–water partition coefficient (Wildman–Crippen LogP) is 4.36. The summed E-state index contributed by atoms with van der Waals surface area (Å²) in [5, 5.41) is 14.1. The van der Waals surface area contributed by atoms with Crippen molar-refractivity contribution < 1.29 is 14.1 Å². The van der Waals surface area contributed by atoms with Gasteiger partial charge in [-0.3, -0.25) is 14.9 Å². The van der Waals surface area contributed by atoms with E-state index in [1.807, 2.05) is 12.1 Å². The summed E-state index contributed by atoms with van der Waals surface area (Å²) in [5.41, 5.74) is 0.833. The van der Waals surface area contributed by atoms with Crippen molar-refractivity contribution in [2.24, 2.45) is 0 Å². The molecular formula is C15H9BrN2O4. The molecule has 0 unspecified atom stereocenters. The van der Waals surface area contributed by atoms with Crippen molar-refractivity contribution >= 4 is 44.2 Å². The molecule has 0 spiro atoms. The Bertz CT molecular complexity index is 888. The van der Waals surface area contributed by atoms with Gasteiger partial charge in [0, 0.05) is 27.7 Å². The van der Waals surface area contributed by atoms with Crippen molar-refractivity contribution in [3.63, 3.8) is 0 Å². The van der Waals surface area contributed by atoms with E-state index in [0.29, 0.717) is 11.3 Å². The summed E-state index contributed by atoms with van der Waals surface area (Å²) in [6.07, 6.45) is 0. The minimum atomic E-state index is -0.519. The second-order valence-electron chi connectivity index (χ2n) is 4.55. The quantitative estimate of drug-likeness (QED) is 0.555. The maximum atomic E-state index is 12.2. The Balaban J connectivity index is 1.86. The molecule has 0 bridgehead atoms. The lowest BCUT2D eigenvalue weighted by molar-refractivity contribution is -0.384. The second-order valence-corrected chi connectivity index (χ2v) is 5.47. The number of nitro groups is 1. The summed E-state index contributed by atoms with van der Waals surface area (Å²) in [6, 6.07) is 12.7. The molecule has 0 aliphatic carbocycles. The Morgan fingerprint density at radius 3 is 2.77 bits per heavy atom. The van der Waals surface area contributed by atoms with Crippen LogP contribution < -0.4 is 5.32 Å². The number of anilines is 1. The fourth-order valence-corrected chi connectivity index (χ4v) is 2.39. The normalized spacial score (nSPS) is 10.6. The van der Waals surface area contributed by atoms with E-state index >= 15 is 0 Å². The smallest absolute Gasteiger partial charge is 0.291 e. The SMILES string of the molecule is O=C(Nc1cccc([N+](=O)[O-])c1)c1cc2cc(Br)ccc2o1. The molecule has 3 rings (SSSR count).